The number of hydrogen-bond donors (Lipinski definition) is 1. The Bertz CT molecular complexity index is 689. The minimum absolute atomic E-state index is 0.127. The zero-order valence-electron chi connectivity index (χ0n) is 14.7. The summed E-state index contributed by atoms with van der Waals surface area (Å²) in [5.41, 5.74) is 0. The van der Waals surface area contributed by atoms with Gasteiger partial charge in [-0.25, -0.2) is 0 Å². The number of thiophene rings is 1. The van der Waals surface area contributed by atoms with E-state index < -0.39 is 10.1 Å². The van der Waals surface area contributed by atoms with Crippen molar-refractivity contribution < 1.29 is 22.4 Å². The van der Waals surface area contributed by atoms with Gasteiger partial charge in [-0.3, -0.25) is 4.55 Å². The van der Waals surface area contributed by atoms with Crippen LogP contribution in [0.3, 0.4) is 0 Å². The van der Waals surface area contributed by atoms with Crippen molar-refractivity contribution in [1.82, 2.24) is 0 Å². The topological polar surface area (TPSA) is 72.8 Å². The van der Waals surface area contributed by atoms with Crippen molar-refractivity contribution >= 4 is 33.2 Å². The average molecular weight is 419 g/mol. The number of ether oxygens (including phenoxy) is 2. The quantitative estimate of drug-likeness (QED) is 0.437. The maximum Gasteiger partial charge on any atom is 0.264 e. The largest absolute Gasteiger partial charge is 0.485 e. The molecule has 0 radical (unpaired) electrons. The van der Waals surface area contributed by atoms with Gasteiger partial charge in [-0.15, -0.1) is 23.1 Å². The Morgan fingerprint density at radius 1 is 1.19 bits per heavy atom. The van der Waals surface area contributed by atoms with Gasteiger partial charge >= 0.3 is 0 Å². The van der Waals surface area contributed by atoms with E-state index in [9.17, 15) is 8.42 Å². The van der Waals surface area contributed by atoms with Gasteiger partial charge in [-0.2, -0.15) is 8.42 Å². The molecule has 1 aromatic rings. The van der Waals surface area contributed by atoms with Gasteiger partial charge in [0.1, 0.15) is 12.7 Å². The Kier molecular flexibility index (Phi) is 7.31. The van der Waals surface area contributed by atoms with E-state index in [-0.39, 0.29) is 11.9 Å². The molecule has 0 amide bonds. The number of fused-ring (bicyclic) bond motifs is 1. The summed E-state index contributed by atoms with van der Waals surface area (Å²) in [6, 6.07) is 0. The van der Waals surface area contributed by atoms with Crippen molar-refractivity contribution in [2.75, 3.05) is 12.4 Å². The molecule has 8 heteroatoms. The summed E-state index contributed by atoms with van der Waals surface area (Å²) in [7, 11) is -3.88. The Hall–Kier alpha value is -0.700. The Morgan fingerprint density at radius 2 is 2.04 bits per heavy atom. The van der Waals surface area contributed by atoms with Gasteiger partial charge in [0.25, 0.3) is 10.1 Å². The lowest BCUT2D eigenvalue weighted by Gasteiger charge is -2.25. The van der Waals surface area contributed by atoms with Gasteiger partial charge in [0, 0.05) is 16.0 Å². The first-order valence-electron chi connectivity index (χ1n) is 9.12. The molecular weight excluding hydrogens is 392 g/mol. The fraction of sp³-hybridized carbons (Fsp3) is 0.667. The highest BCUT2D eigenvalue weighted by molar-refractivity contribution is 8.03. The maximum absolute atomic E-state index is 11.1. The van der Waals surface area contributed by atoms with Crippen LogP contribution in [0.15, 0.2) is 22.2 Å². The molecule has 3 unspecified atom stereocenters. The molecule has 3 atom stereocenters. The van der Waals surface area contributed by atoms with Gasteiger partial charge in [0.2, 0.25) is 0 Å². The van der Waals surface area contributed by atoms with Gasteiger partial charge in [-0.1, -0.05) is 18.9 Å². The summed E-state index contributed by atoms with van der Waals surface area (Å²) in [5.74, 6) is 1.92. The average Bonchev–Trinajstić information content (AvgIpc) is 3.27. The fourth-order valence-corrected chi connectivity index (χ4v) is 5.89. The monoisotopic (exact) mass is 418 g/mol. The normalized spacial score (nSPS) is 23.3. The molecule has 0 saturated heterocycles. The van der Waals surface area contributed by atoms with Crippen molar-refractivity contribution in [3.05, 3.63) is 22.2 Å². The SMILES string of the molecule is O=S(=O)(O)CCC(CCCCCC1COc2cscc2O1)C1CC=CS1. The Balaban J connectivity index is 1.35. The second kappa shape index (κ2) is 9.48. The molecule has 0 bridgehead atoms. The summed E-state index contributed by atoms with van der Waals surface area (Å²) >= 11 is 3.38. The fourth-order valence-electron chi connectivity index (χ4n) is 3.48. The molecule has 2 aliphatic rings. The molecule has 0 aromatic carbocycles. The highest BCUT2D eigenvalue weighted by Gasteiger charge is 2.25. The molecule has 0 aliphatic carbocycles. The lowest BCUT2D eigenvalue weighted by atomic mass is 9.93. The predicted octanol–water partition coefficient (Wildman–Crippen LogP) is 4.75. The number of unbranched alkanes of at least 4 members (excludes halogenated alkanes) is 2. The standard InChI is InChI=1S/C18H26O5S3/c19-26(20,21)10-8-14(18-7-4-9-25-18)5-2-1-3-6-15-11-22-16-12-24-13-17(16)23-15/h4,9,12-15,18H,1-3,5-8,10-11H2,(H,19,20,21). The third-order valence-corrected chi connectivity index (χ3v) is 7.63. The zero-order valence-corrected chi connectivity index (χ0v) is 17.2. The van der Waals surface area contributed by atoms with Crippen molar-refractivity contribution in [2.45, 2.75) is 56.3 Å². The lowest BCUT2D eigenvalue weighted by molar-refractivity contribution is 0.0841. The summed E-state index contributed by atoms with van der Waals surface area (Å²) < 4.78 is 42.8. The van der Waals surface area contributed by atoms with Crippen LogP contribution >= 0.6 is 23.1 Å². The summed E-state index contributed by atoms with van der Waals surface area (Å²) in [6.07, 6.45) is 9.05. The minimum atomic E-state index is -3.88. The van der Waals surface area contributed by atoms with Crippen LogP contribution in [0.5, 0.6) is 11.5 Å². The minimum Gasteiger partial charge on any atom is -0.485 e. The highest BCUT2D eigenvalue weighted by Crippen LogP contribution is 2.37. The molecule has 1 aromatic heterocycles. The molecule has 26 heavy (non-hydrogen) atoms. The molecule has 5 nitrogen and oxygen atoms in total. The predicted molar refractivity (Wildman–Crippen MR) is 107 cm³/mol. The third-order valence-electron chi connectivity index (χ3n) is 4.90. The summed E-state index contributed by atoms with van der Waals surface area (Å²) in [6.45, 7) is 0.616. The molecule has 146 valence electrons. The number of thioether (sulfide) groups is 1. The van der Waals surface area contributed by atoms with Crippen LogP contribution in [-0.4, -0.2) is 36.7 Å². The third kappa shape index (κ3) is 6.18. The van der Waals surface area contributed by atoms with E-state index in [4.69, 9.17) is 14.0 Å². The molecule has 0 spiro atoms. The van der Waals surface area contributed by atoms with E-state index in [1.54, 1.807) is 23.1 Å². The second-order valence-corrected chi connectivity index (χ2v) is 10.4. The van der Waals surface area contributed by atoms with Crippen LogP contribution in [-0.2, 0) is 10.1 Å². The Labute approximate surface area is 163 Å². The molecule has 0 saturated carbocycles. The van der Waals surface area contributed by atoms with Gasteiger partial charge in [-0.05, 0) is 43.4 Å². The van der Waals surface area contributed by atoms with Crippen LogP contribution in [0.2, 0.25) is 0 Å². The first kappa shape index (κ1) is 20.0. The van der Waals surface area contributed by atoms with Crippen molar-refractivity contribution in [1.29, 1.82) is 0 Å². The van der Waals surface area contributed by atoms with E-state index in [1.807, 2.05) is 10.8 Å². The van der Waals surface area contributed by atoms with Crippen LogP contribution < -0.4 is 9.47 Å². The molecule has 2 aliphatic heterocycles. The molecule has 1 N–H and O–H groups in total. The molecular formula is C18H26O5S3. The van der Waals surface area contributed by atoms with E-state index in [1.165, 1.54) is 0 Å². The van der Waals surface area contributed by atoms with Gasteiger partial charge in [0.05, 0.1) is 5.75 Å². The van der Waals surface area contributed by atoms with Crippen LogP contribution in [0.4, 0.5) is 0 Å². The van der Waals surface area contributed by atoms with E-state index in [0.717, 1.165) is 50.0 Å². The van der Waals surface area contributed by atoms with Crippen molar-refractivity contribution in [2.24, 2.45) is 5.92 Å². The second-order valence-electron chi connectivity index (χ2n) is 6.91. The molecule has 0 fully saturated rings. The number of rotatable bonds is 10. The summed E-state index contributed by atoms with van der Waals surface area (Å²) in [5, 5.41) is 6.50. The van der Waals surface area contributed by atoms with Crippen LogP contribution in [0.25, 0.3) is 0 Å². The Morgan fingerprint density at radius 3 is 2.81 bits per heavy atom. The van der Waals surface area contributed by atoms with E-state index >= 15 is 0 Å². The van der Waals surface area contributed by atoms with Crippen molar-refractivity contribution in [3.8, 4) is 11.5 Å². The summed E-state index contributed by atoms with van der Waals surface area (Å²) in [4.78, 5) is 0. The number of hydrogen-bond acceptors (Lipinski definition) is 6. The van der Waals surface area contributed by atoms with Gasteiger partial charge < -0.3 is 9.47 Å². The molecule has 3 heterocycles. The van der Waals surface area contributed by atoms with E-state index in [0.29, 0.717) is 24.2 Å². The maximum atomic E-state index is 11.1. The lowest BCUT2D eigenvalue weighted by Crippen LogP contribution is -2.28. The zero-order chi connectivity index (χ0) is 18.4. The first-order valence-corrected chi connectivity index (χ1v) is 12.6. The van der Waals surface area contributed by atoms with Gasteiger partial charge in [0.15, 0.2) is 11.5 Å². The van der Waals surface area contributed by atoms with E-state index in [2.05, 4.69) is 11.5 Å². The van der Waals surface area contributed by atoms with Crippen LogP contribution in [0.1, 0.15) is 44.9 Å². The number of allylic oxidation sites excluding steroid dienone is 1. The smallest absolute Gasteiger partial charge is 0.264 e. The van der Waals surface area contributed by atoms with Crippen LogP contribution in [0, 0.1) is 5.92 Å². The van der Waals surface area contributed by atoms with Crippen molar-refractivity contribution in [3.63, 3.8) is 0 Å². The highest BCUT2D eigenvalue weighted by atomic mass is 32.2. The first-order chi connectivity index (χ1) is 12.5. The molecule has 3 rings (SSSR count).